The molecule has 20 heavy (non-hydrogen) atoms. The van der Waals surface area contributed by atoms with E-state index in [1.165, 1.54) is 5.56 Å². The summed E-state index contributed by atoms with van der Waals surface area (Å²) in [4.78, 5) is 25.8. The fraction of sp³-hybridized carbons (Fsp3) is 0.500. The molecule has 4 heteroatoms. The van der Waals surface area contributed by atoms with E-state index in [9.17, 15) is 14.7 Å². The average molecular weight is 273 g/mol. The van der Waals surface area contributed by atoms with Crippen molar-refractivity contribution in [2.45, 2.75) is 26.2 Å². The molecule has 2 fully saturated rings. The van der Waals surface area contributed by atoms with Gasteiger partial charge in [0.2, 0.25) is 5.91 Å². The lowest BCUT2D eigenvalue weighted by atomic mass is 9.77. The summed E-state index contributed by atoms with van der Waals surface area (Å²) in [6.45, 7) is 2.67. The van der Waals surface area contributed by atoms with Crippen LogP contribution in [0.2, 0.25) is 0 Å². The van der Waals surface area contributed by atoms with Gasteiger partial charge >= 0.3 is 5.97 Å². The molecule has 1 aromatic carbocycles. The van der Waals surface area contributed by atoms with Gasteiger partial charge in [-0.05, 0) is 31.7 Å². The van der Waals surface area contributed by atoms with Gasteiger partial charge in [0, 0.05) is 13.1 Å². The highest BCUT2D eigenvalue weighted by atomic mass is 16.4. The lowest BCUT2D eigenvalue weighted by Crippen LogP contribution is -2.37. The molecule has 1 saturated heterocycles. The Hall–Kier alpha value is -1.84. The smallest absolute Gasteiger partial charge is 0.312 e. The quantitative estimate of drug-likeness (QED) is 0.912. The first-order valence-corrected chi connectivity index (χ1v) is 7.06. The number of likely N-dealkylation sites (tertiary alicyclic amines) is 1. The van der Waals surface area contributed by atoms with Crippen LogP contribution in [0.3, 0.4) is 0 Å². The Bertz CT molecular complexity index is 550. The second-order valence-corrected chi connectivity index (χ2v) is 6.18. The zero-order valence-electron chi connectivity index (χ0n) is 11.6. The predicted molar refractivity (Wildman–Crippen MR) is 74.1 cm³/mol. The van der Waals surface area contributed by atoms with E-state index in [1.807, 2.05) is 30.3 Å². The third kappa shape index (κ3) is 1.74. The Balaban J connectivity index is 1.73. The van der Waals surface area contributed by atoms with Crippen molar-refractivity contribution in [1.82, 2.24) is 4.90 Å². The van der Waals surface area contributed by atoms with E-state index in [-0.39, 0.29) is 5.91 Å². The Kier molecular flexibility index (Phi) is 2.85. The van der Waals surface area contributed by atoms with Crippen LogP contribution in [0, 0.1) is 10.8 Å². The summed E-state index contributed by atoms with van der Waals surface area (Å²) in [5, 5.41) is 9.49. The summed E-state index contributed by atoms with van der Waals surface area (Å²) in [5.41, 5.74) is -0.356. The minimum Gasteiger partial charge on any atom is -0.481 e. The molecule has 1 aliphatic heterocycles. The number of carbonyl (C=O) groups excluding carboxylic acids is 1. The van der Waals surface area contributed by atoms with E-state index in [0.29, 0.717) is 13.1 Å². The summed E-state index contributed by atoms with van der Waals surface area (Å²) in [5.74, 6) is -0.802. The molecule has 2 aliphatic rings. The van der Waals surface area contributed by atoms with Crippen LogP contribution in [0.4, 0.5) is 0 Å². The van der Waals surface area contributed by atoms with Crippen molar-refractivity contribution >= 4 is 11.9 Å². The van der Waals surface area contributed by atoms with Gasteiger partial charge in [-0.2, -0.15) is 0 Å². The highest BCUT2D eigenvalue weighted by Crippen LogP contribution is 2.63. The molecule has 1 aromatic rings. The van der Waals surface area contributed by atoms with Gasteiger partial charge in [-0.1, -0.05) is 30.3 Å². The van der Waals surface area contributed by atoms with Gasteiger partial charge < -0.3 is 10.0 Å². The molecule has 1 saturated carbocycles. The van der Waals surface area contributed by atoms with Gasteiger partial charge in [0.25, 0.3) is 0 Å². The number of rotatable bonds is 4. The van der Waals surface area contributed by atoms with E-state index in [4.69, 9.17) is 0 Å². The molecule has 3 rings (SSSR count). The number of hydrogen-bond donors (Lipinski definition) is 1. The maximum atomic E-state index is 12.5. The van der Waals surface area contributed by atoms with Crippen LogP contribution in [0.1, 0.15) is 25.3 Å². The largest absolute Gasteiger partial charge is 0.481 e. The van der Waals surface area contributed by atoms with Crippen molar-refractivity contribution in [3.05, 3.63) is 35.9 Å². The lowest BCUT2D eigenvalue weighted by molar-refractivity contribution is -0.152. The second-order valence-electron chi connectivity index (χ2n) is 6.18. The number of nitrogens with zero attached hydrogens (tertiary/aromatic N) is 1. The molecule has 1 heterocycles. The van der Waals surface area contributed by atoms with E-state index in [2.05, 4.69) is 0 Å². The van der Waals surface area contributed by atoms with Crippen molar-refractivity contribution in [3.8, 4) is 0 Å². The highest BCUT2D eigenvalue weighted by Gasteiger charge is 2.71. The standard InChI is InChI=1S/C16H19NO3/c1-15(14(19)20)11-17(13(18)16(15)8-9-16)10-7-12-5-3-2-4-6-12/h2-6H,7-11H2,1H3,(H,19,20)/t15-/m0/s1. The molecule has 0 unspecified atom stereocenters. The molecule has 106 valence electrons. The number of benzene rings is 1. The van der Waals surface area contributed by atoms with Crippen molar-refractivity contribution in [3.63, 3.8) is 0 Å². The van der Waals surface area contributed by atoms with E-state index < -0.39 is 16.8 Å². The Labute approximate surface area is 118 Å². The molecule has 0 aromatic heterocycles. The second kappa shape index (κ2) is 4.33. The summed E-state index contributed by atoms with van der Waals surface area (Å²) in [6, 6.07) is 9.98. The Morgan fingerprint density at radius 2 is 1.95 bits per heavy atom. The Morgan fingerprint density at radius 3 is 2.45 bits per heavy atom. The molecule has 0 radical (unpaired) electrons. The van der Waals surface area contributed by atoms with Gasteiger partial charge in [0.15, 0.2) is 0 Å². The predicted octanol–water partition coefficient (Wildman–Crippen LogP) is 1.94. The normalized spacial score (nSPS) is 27.1. The first-order chi connectivity index (χ1) is 9.49. The average Bonchev–Trinajstić information content (AvgIpc) is 3.21. The topological polar surface area (TPSA) is 57.6 Å². The summed E-state index contributed by atoms with van der Waals surface area (Å²) in [7, 11) is 0. The van der Waals surface area contributed by atoms with Crippen molar-refractivity contribution in [1.29, 1.82) is 0 Å². The minimum atomic E-state index is -0.916. The number of carboxylic acid groups (broad SMARTS) is 1. The van der Waals surface area contributed by atoms with Crippen molar-refractivity contribution in [2.24, 2.45) is 10.8 Å². The first kappa shape index (κ1) is 13.2. The molecule has 1 amide bonds. The number of aliphatic carboxylic acids is 1. The molecule has 0 bridgehead atoms. The van der Waals surface area contributed by atoms with Gasteiger partial charge in [-0.25, -0.2) is 0 Å². The molecular formula is C16H19NO3. The molecule has 1 spiro atoms. The van der Waals surface area contributed by atoms with Crippen LogP contribution in [-0.4, -0.2) is 35.0 Å². The maximum absolute atomic E-state index is 12.5. The molecule has 4 nitrogen and oxygen atoms in total. The van der Waals surface area contributed by atoms with Crippen LogP contribution in [0.25, 0.3) is 0 Å². The zero-order chi connectivity index (χ0) is 14.4. The molecule has 1 N–H and O–H groups in total. The van der Waals surface area contributed by atoms with Crippen molar-refractivity contribution in [2.75, 3.05) is 13.1 Å². The van der Waals surface area contributed by atoms with Crippen LogP contribution in [-0.2, 0) is 16.0 Å². The number of carbonyl (C=O) groups is 2. The van der Waals surface area contributed by atoms with Gasteiger partial charge in [0.05, 0.1) is 10.8 Å². The molecule has 1 atom stereocenters. The monoisotopic (exact) mass is 273 g/mol. The van der Waals surface area contributed by atoms with E-state index in [1.54, 1.807) is 11.8 Å². The highest BCUT2D eigenvalue weighted by molar-refractivity contribution is 5.96. The lowest BCUT2D eigenvalue weighted by Gasteiger charge is -2.23. The van der Waals surface area contributed by atoms with E-state index in [0.717, 1.165) is 19.3 Å². The van der Waals surface area contributed by atoms with Gasteiger partial charge in [0.1, 0.15) is 0 Å². The van der Waals surface area contributed by atoms with Crippen LogP contribution < -0.4 is 0 Å². The maximum Gasteiger partial charge on any atom is 0.312 e. The SMILES string of the molecule is C[C@@]1(C(=O)O)CN(CCc2ccccc2)C(=O)C12CC2. The fourth-order valence-electron chi connectivity index (χ4n) is 3.40. The fourth-order valence-corrected chi connectivity index (χ4v) is 3.40. The molecular weight excluding hydrogens is 254 g/mol. The number of carboxylic acids is 1. The summed E-state index contributed by atoms with van der Waals surface area (Å²) < 4.78 is 0. The van der Waals surface area contributed by atoms with E-state index >= 15 is 0 Å². The Morgan fingerprint density at radius 1 is 1.30 bits per heavy atom. The number of hydrogen-bond acceptors (Lipinski definition) is 2. The van der Waals surface area contributed by atoms with Crippen LogP contribution in [0.15, 0.2) is 30.3 Å². The first-order valence-electron chi connectivity index (χ1n) is 7.06. The number of amides is 1. The third-order valence-electron chi connectivity index (χ3n) is 5.00. The molecule has 1 aliphatic carbocycles. The summed E-state index contributed by atoms with van der Waals surface area (Å²) >= 11 is 0. The summed E-state index contributed by atoms with van der Waals surface area (Å²) in [6.07, 6.45) is 2.21. The minimum absolute atomic E-state index is 0.0401. The third-order valence-corrected chi connectivity index (χ3v) is 5.00. The van der Waals surface area contributed by atoms with Gasteiger partial charge in [-0.3, -0.25) is 9.59 Å². The van der Waals surface area contributed by atoms with Crippen LogP contribution in [0.5, 0.6) is 0 Å². The van der Waals surface area contributed by atoms with Gasteiger partial charge in [-0.15, -0.1) is 0 Å². The zero-order valence-corrected chi connectivity index (χ0v) is 11.6. The van der Waals surface area contributed by atoms with Crippen LogP contribution >= 0.6 is 0 Å². The van der Waals surface area contributed by atoms with Crippen molar-refractivity contribution < 1.29 is 14.7 Å².